The van der Waals surface area contributed by atoms with Crippen molar-refractivity contribution in [3.05, 3.63) is 28.4 Å². The smallest absolute Gasteiger partial charge is 0.250 e. The summed E-state index contributed by atoms with van der Waals surface area (Å²) in [5, 5.41) is 2.92. The Balaban J connectivity index is 1.43. The van der Waals surface area contributed by atoms with Crippen molar-refractivity contribution in [1.29, 1.82) is 0 Å². The Bertz CT molecular complexity index is 572. The molecule has 0 spiro atoms. The van der Waals surface area contributed by atoms with Gasteiger partial charge in [-0.25, -0.2) is 4.98 Å². The van der Waals surface area contributed by atoms with Crippen molar-refractivity contribution in [2.45, 2.75) is 57.5 Å². The zero-order chi connectivity index (χ0) is 16.1. The molecular weight excluding hydrogens is 292 g/mol. The van der Waals surface area contributed by atoms with Gasteiger partial charge in [0.2, 0.25) is 5.91 Å². The summed E-state index contributed by atoms with van der Waals surface area (Å²) in [6.07, 6.45) is 9.98. The molecule has 0 atom stereocenters. The molecule has 1 aliphatic heterocycles. The SMILES string of the molecule is O=C(NCc1cc(=O)[nH]cn1)C1CCN(C2CCCCC2)CC1. The minimum atomic E-state index is -0.190. The van der Waals surface area contributed by atoms with E-state index < -0.39 is 0 Å². The Morgan fingerprint density at radius 1 is 1.22 bits per heavy atom. The number of rotatable bonds is 4. The highest BCUT2D eigenvalue weighted by molar-refractivity contribution is 5.78. The van der Waals surface area contributed by atoms with Crippen LogP contribution in [0.2, 0.25) is 0 Å². The molecule has 1 aromatic heterocycles. The molecule has 0 aromatic carbocycles. The average molecular weight is 318 g/mol. The van der Waals surface area contributed by atoms with Crippen molar-refractivity contribution >= 4 is 5.91 Å². The normalized spacial score (nSPS) is 21.2. The van der Waals surface area contributed by atoms with Crippen LogP contribution in [0.1, 0.15) is 50.6 Å². The third kappa shape index (κ3) is 4.41. The lowest BCUT2D eigenvalue weighted by Gasteiger charge is -2.38. The number of carbonyl (C=O) groups excluding carboxylic acids is 1. The molecule has 0 radical (unpaired) electrons. The summed E-state index contributed by atoms with van der Waals surface area (Å²) < 4.78 is 0. The van der Waals surface area contributed by atoms with Gasteiger partial charge < -0.3 is 15.2 Å². The topological polar surface area (TPSA) is 78.1 Å². The summed E-state index contributed by atoms with van der Waals surface area (Å²) in [6, 6.07) is 2.17. The number of nitrogens with one attached hydrogen (secondary N) is 2. The van der Waals surface area contributed by atoms with Crippen LogP contribution in [0.4, 0.5) is 0 Å². The molecule has 126 valence electrons. The van der Waals surface area contributed by atoms with Gasteiger partial charge in [0.1, 0.15) is 0 Å². The Hall–Kier alpha value is -1.69. The van der Waals surface area contributed by atoms with Crippen LogP contribution in [0.3, 0.4) is 0 Å². The Morgan fingerprint density at radius 3 is 2.65 bits per heavy atom. The number of hydrogen-bond donors (Lipinski definition) is 2. The lowest BCUT2D eigenvalue weighted by Crippen LogP contribution is -2.45. The highest BCUT2D eigenvalue weighted by atomic mass is 16.2. The molecule has 3 rings (SSSR count). The van der Waals surface area contributed by atoms with Gasteiger partial charge in [0.15, 0.2) is 0 Å². The molecule has 2 fully saturated rings. The van der Waals surface area contributed by atoms with Crippen LogP contribution in [0.15, 0.2) is 17.2 Å². The maximum absolute atomic E-state index is 12.3. The second kappa shape index (κ2) is 7.73. The number of amides is 1. The van der Waals surface area contributed by atoms with Gasteiger partial charge in [-0.2, -0.15) is 0 Å². The summed E-state index contributed by atoms with van der Waals surface area (Å²) in [5.41, 5.74) is 0.409. The van der Waals surface area contributed by atoms with Crippen LogP contribution in [0.5, 0.6) is 0 Å². The lowest BCUT2D eigenvalue weighted by atomic mass is 9.90. The second-order valence-corrected chi connectivity index (χ2v) is 6.72. The zero-order valence-electron chi connectivity index (χ0n) is 13.6. The van der Waals surface area contributed by atoms with E-state index in [9.17, 15) is 9.59 Å². The minimum Gasteiger partial charge on any atom is -0.350 e. The van der Waals surface area contributed by atoms with Crippen molar-refractivity contribution < 1.29 is 4.79 Å². The van der Waals surface area contributed by atoms with Crippen LogP contribution in [-0.4, -0.2) is 39.9 Å². The van der Waals surface area contributed by atoms with Crippen LogP contribution in [-0.2, 0) is 11.3 Å². The molecule has 1 amide bonds. The van der Waals surface area contributed by atoms with Crippen molar-refractivity contribution in [2.24, 2.45) is 5.92 Å². The lowest BCUT2D eigenvalue weighted by molar-refractivity contribution is -0.126. The first-order chi connectivity index (χ1) is 11.2. The number of piperidine rings is 1. The van der Waals surface area contributed by atoms with E-state index in [2.05, 4.69) is 20.2 Å². The van der Waals surface area contributed by atoms with E-state index in [1.165, 1.54) is 44.5 Å². The largest absolute Gasteiger partial charge is 0.350 e. The van der Waals surface area contributed by atoms with Gasteiger partial charge in [0.25, 0.3) is 5.56 Å². The monoisotopic (exact) mass is 318 g/mol. The minimum absolute atomic E-state index is 0.0929. The standard InChI is InChI=1S/C17H26N4O2/c22-16-10-14(19-12-20-16)11-18-17(23)13-6-8-21(9-7-13)15-4-2-1-3-5-15/h10,12-13,15H,1-9,11H2,(H,18,23)(H,19,20,22). The van der Waals surface area contributed by atoms with Gasteiger partial charge in [0.05, 0.1) is 18.6 Å². The second-order valence-electron chi connectivity index (χ2n) is 6.72. The molecule has 0 unspecified atom stereocenters. The van der Waals surface area contributed by atoms with Gasteiger partial charge in [-0.3, -0.25) is 9.59 Å². The zero-order valence-corrected chi connectivity index (χ0v) is 13.6. The maximum atomic E-state index is 12.3. The van der Waals surface area contributed by atoms with Gasteiger partial charge in [-0.15, -0.1) is 0 Å². The highest BCUT2D eigenvalue weighted by Gasteiger charge is 2.29. The quantitative estimate of drug-likeness (QED) is 0.880. The van der Waals surface area contributed by atoms with E-state index >= 15 is 0 Å². The van der Waals surface area contributed by atoms with Crippen LogP contribution in [0.25, 0.3) is 0 Å². The first-order valence-electron chi connectivity index (χ1n) is 8.78. The van der Waals surface area contributed by atoms with E-state index in [1.54, 1.807) is 0 Å². The van der Waals surface area contributed by atoms with Crippen molar-refractivity contribution in [3.63, 3.8) is 0 Å². The number of hydrogen-bond acceptors (Lipinski definition) is 4. The summed E-state index contributed by atoms with van der Waals surface area (Å²) in [5.74, 6) is 0.187. The summed E-state index contributed by atoms with van der Waals surface area (Å²) >= 11 is 0. The summed E-state index contributed by atoms with van der Waals surface area (Å²) in [7, 11) is 0. The number of likely N-dealkylation sites (tertiary alicyclic amines) is 1. The molecule has 2 heterocycles. The molecule has 0 bridgehead atoms. The fourth-order valence-corrected chi connectivity index (χ4v) is 3.80. The summed E-state index contributed by atoms with van der Waals surface area (Å²) in [6.45, 7) is 2.39. The highest BCUT2D eigenvalue weighted by Crippen LogP contribution is 2.27. The Labute approximate surface area is 136 Å². The number of aromatic nitrogens is 2. The summed E-state index contributed by atoms with van der Waals surface area (Å²) in [4.78, 5) is 32.6. The van der Waals surface area contributed by atoms with E-state index in [0.717, 1.165) is 32.0 Å². The first kappa shape index (κ1) is 16.2. The fourth-order valence-electron chi connectivity index (χ4n) is 3.80. The molecule has 1 saturated heterocycles. The third-order valence-corrected chi connectivity index (χ3v) is 5.17. The van der Waals surface area contributed by atoms with E-state index in [1.807, 2.05) is 0 Å². The predicted molar refractivity (Wildman–Crippen MR) is 87.9 cm³/mol. The van der Waals surface area contributed by atoms with E-state index in [4.69, 9.17) is 0 Å². The van der Waals surface area contributed by atoms with Crippen molar-refractivity contribution in [2.75, 3.05) is 13.1 Å². The molecular formula is C17H26N4O2. The van der Waals surface area contributed by atoms with Crippen LogP contribution >= 0.6 is 0 Å². The molecule has 6 heteroatoms. The van der Waals surface area contributed by atoms with Crippen molar-refractivity contribution in [3.8, 4) is 0 Å². The number of aromatic amines is 1. The first-order valence-corrected chi connectivity index (χ1v) is 8.78. The molecule has 1 aromatic rings. The van der Waals surface area contributed by atoms with Gasteiger partial charge >= 0.3 is 0 Å². The fraction of sp³-hybridized carbons (Fsp3) is 0.706. The van der Waals surface area contributed by atoms with E-state index in [-0.39, 0.29) is 17.4 Å². The van der Waals surface area contributed by atoms with Crippen LogP contribution < -0.4 is 10.9 Å². The van der Waals surface area contributed by atoms with Crippen LogP contribution in [0, 0.1) is 5.92 Å². The number of carbonyl (C=O) groups is 1. The third-order valence-electron chi connectivity index (χ3n) is 5.17. The maximum Gasteiger partial charge on any atom is 0.250 e. The predicted octanol–water partition coefficient (Wildman–Crippen LogP) is 1.43. The molecule has 1 aliphatic carbocycles. The molecule has 2 N–H and O–H groups in total. The molecule has 6 nitrogen and oxygen atoms in total. The average Bonchev–Trinajstić information content (AvgIpc) is 2.61. The number of H-pyrrole nitrogens is 1. The van der Waals surface area contributed by atoms with E-state index in [0.29, 0.717) is 12.2 Å². The molecule has 2 aliphatic rings. The number of nitrogens with zero attached hydrogens (tertiary/aromatic N) is 2. The molecule has 23 heavy (non-hydrogen) atoms. The molecule has 1 saturated carbocycles. The van der Waals surface area contributed by atoms with Gasteiger partial charge in [-0.05, 0) is 38.8 Å². The van der Waals surface area contributed by atoms with Crippen molar-refractivity contribution in [1.82, 2.24) is 20.2 Å². The Kier molecular flexibility index (Phi) is 5.43. The Morgan fingerprint density at radius 2 is 1.96 bits per heavy atom. The van der Waals surface area contributed by atoms with Gasteiger partial charge in [0, 0.05) is 18.0 Å². The van der Waals surface area contributed by atoms with Gasteiger partial charge in [-0.1, -0.05) is 19.3 Å².